The first-order valence-corrected chi connectivity index (χ1v) is 6.30. The SMILES string of the molecule is COCCOc1ccc(C2CC(N)C2)cc1OC. The van der Waals surface area contributed by atoms with Crippen molar-refractivity contribution in [1.82, 2.24) is 0 Å². The largest absolute Gasteiger partial charge is 0.493 e. The zero-order chi connectivity index (χ0) is 13.0. The van der Waals surface area contributed by atoms with Crippen LogP contribution in [-0.4, -0.2) is 33.5 Å². The van der Waals surface area contributed by atoms with Crippen LogP contribution in [0.2, 0.25) is 0 Å². The number of hydrogen-bond acceptors (Lipinski definition) is 4. The Morgan fingerprint density at radius 3 is 2.56 bits per heavy atom. The van der Waals surface area contributed by atoms with Gasteiger partial charge in [0.05, 0.1) is 13.7 Å². The highest BCUT2D eigenvalue weighted by molar-refractivity contribution is 5.44. The van der Waals surface area contributed by atoms with Gasteiger partial charge < -0.3 is 19.9 Å². The third kappa shape index (κ3) is 2.94. The van der Waals surface area contributed by atoms with Gasteiger partial charge in [0.25, 0.3) is 0 Å². The highest BCUT2D eigenvalue weighted by Gasteiger charge is 2.27. The maximum Gasteiger partial charge on any atom is 0.161 e. The lowest BCUT2D eigenvalue weighted by Gasteiger charge is -2.33. The van der Waals surface area contributed by atoms with Crippen LogP contribution in [0.3, 0.4) is 0 Å². The quantitative estimate of drug-likeness (QED) is 0.785. The van der Waals surface area contributed by atoms with E-state index in [0.29, 0.717) is 25.2 Å². The smallest absolute Gasteiger partial charge is 0.161 e. The molecule has 0 aliphatic heterocycles. The molecule has 18 heavy (non-hydrogen) atoms. The van der Waals surface area contributed by atoms with Crippen molar-refractivity contribution in [2.75, 3.05) is 27.4 Å². The maximum absolute atomic E-state index is 5.82. The normalized spacial score (nSPS) is 22.4. The second kappa shape index (κ2) is 6.07. The minimum atomic E-state index is 0.360. The number of methoxy groups -OCH3 is 2. The fourth-order valence-electron chi connectivity index (χ4n) is 2.23. The summed E-state index contributed by atoms with van der Waals surface area (Å²) in [5.41, 5.74) is 7.10. The third-order valence-electron chi connectivity index (χ3n) is 3.38. The van der Waals surface area contributed by atoms with Crippen LogP contribution in [0.5, 0.6) is 11.5 Å². The van der Waals surface area contributed by atoms with Crippen molar-refractivity contribution in [3.63, 3.8) is 0 Å². The molecule has 4 nitrogen and oxygen atoms in total. The van der Waals surface area contributed by atoms with Gasteiger partial charge in [-0.25, -0.2) is 0 Å². The summed E-state index contributed by atoms with van der Waals surface area (Å²) in [4.78, 5) is 0. The summed E-state index contributed by atoms with van der Waals surface area (Å²) in [5, 5.41) is 0. The molecular formula is C14H21NO3. The van der Waals surface area contributed by atoms with Gasteiger partial charge in [-0.3, -0.25) is 0 Å². The lowest BCUT2D eigenvalue weighted by molar-refractivity contribution is 0.144. The van der Waals surface area contributed by atoms with E-state index in [9.17, 15) is 0 Å². The molecule has 0 bridgehead atoms. The standard InChI is InChI=1S/C14H21NO3/c1-16-5-6-18-13-4-3-10(9-14(13)17-2)11-7-12(15)8-11/h3-4,9,11-12H,5-8,15H2,1-2H3. The summed E-state index contributed by atoms with van der Waals surface area (Å²) in [6.45, 7) is 1.10. The van der Waals surface area contributed by atoms with Gasteiger partial charge in [-0.2, -0.15) is 0 Å². The Hall–Kier alpha value is -1.26. The van der Waals surface area contributed by atoms with Crippen LogP contribution in [0.25, 0.3) is 0 Å². The lowest BCUT2D eigenvalue weighted by Crippen LogP contribution is -2.34. The van der Waals surface area contributed by atoms with Crippen molar-refractivity contribution in [1.29, 1.82) is 0 Å². The average molecular weight is 251 g/mol. The fraction of sp³-hybridized carbons (Fsp3) is 0.571. The Bertz CT molecular complexity index is 389. The summed E-state index contributed by atoms with van der Waals surface area (Å²) < 4.78 is 15.9. The second-order valence-electron chi connectivity index (χ2n) is 4.68. The molecule has 1 aromatic carbocycles. The highest BCUT2D eigenvalue weighted by Crippen LogP contribution is 2.39. The number of ether oxygens (including phenoxy) is 3. The molecule has 2 N–H and O–H groups in total. The second-order valence-corrected chi connectivity index (χ2v) is 4.68. The van der Waals surface area contributed by atoms with E-state index in [4.69, 9.17) is 19.9 Å². The topological polar surface area (TPSA) is 53.7 Å². The number of rotatable bonds is 6. The minimum absolute atomic E-state index is 0.360. The predicted molar refractivity (Wildman–Crippen MR) is 70.3 cm³/mol. The molecule has 0 heterocycles. The Balaban J connectivity index is 2.03. The lowest BCUT2D eigenvalue weighted by atomic mass is 9.76. The van der Waals surface area contributed by atoms with Gasteiger partial charge in [-0.05, 0) is 36.5 Å². The maximum atomic E-state index is 5.82. The van der Waals surface area contributed by atoms with Gasteiger partial charge >= 0.3 is 0 Å². The molecular weight excluding hydrogens is 230 g/mol. The van der Waals surface area contributed by atoms with E-state index in [1.165, 1.54) is 5.56 Å². The molecule has 0 unspecified atom stereocenters. The summed E-state index contributed by atoms with van der Waals surface area (Å²) in [6, 6.07) is 6.48. The van der Waals surface area contributed by atoms with Gasteiger partial charge in [0, 0.05) is 13.2 Å². The fourth-order valence-corrected chi connectivity index (χ4v) is 2.23. The molecule has 100 valence electrons. The molecule has 0 amide bonds. The minimum Gasteiger partial charge on any atom is -0.493 e. The molecule has 0 spiro atoms. The van der Waals surface area contributed by atoms with Gasteiger partial charge in [-0.15, -0.1) is 0 Å². The zero-order valence-corrected chi connectivity index (χ0v) is 11.0. The van der Waals surface area contributed by atoms with E-state index in [-0.39, 0.29) is 0 Å². The molecule has 1 aliphatic rings. The highest BCUT2D eigenvalue weighted by atomic mass is 16.5. The van der Waals surface area contributed by atoms with Crippen molar-refractivity contribution in [3.8, 4) is 11.5 Å². The molecule has 1 aliphatic carbocycles. The molecule has 4 heteroatoms. The van der Waals surface area contributed by atoms with E-state index in [0.717, 1.165) is 24.3 Å². The van der Waals surface area contributed by atoms with Crippen LogP contribution in [0.4, 0.5) is 0 Å². The van der Waals surface area contributed by atoms with Crippen LogP contribution < -0.4 is 15.2 Å². The van der Waals surface area contributed by atoms with Gasteiger partial charge in [0.15, 0.2) is 11.5 Å². The molecule has 1 aromatic rings. The Labute approximate surface area is 108 Å². The predicted octanol–water partition coefficient (Wildman–Crippen LogP) is 1.93. The van der Waals surface area contributed by atoms with Crippen molar-refractivity contribution >= 4 is 0 Å². The van der Waals surface area contributed by atoms with Crippen LogP contribution in [0.1, 0.15) is 24.3 Å². The average Bonchev–Trinajstić information content (AvgIpc) is 2.36. The number of benzene rings is 1. The van der Waals surface area contributed by atoms with Crippen LogP contribution in [0.15, 0.2) is 18.2 Å². The van der Waals surface area contributed by atoms with Crippen molar-refractivity contribution < 1.29 is 14.2 Å². The summed E-state index contributed by atoms with van der Waals surface area (Å²) >= 11 is 0. The zero-order valence-electron chi connectivity index (χ0n) is 11.0. The van der Waals surface area contributed by atoms with Crippen LogP contribution >= 0.6 is 0 Å². The Morgan fingerprint density at radius 2 is 1.94 bits per heavy atom. The van der Waals surface area contributed by atoms with Crippen LogP contribution in [-0.2, 0) is 4.74 Å². The Kier molecular flexibility index (Phi) is 4.44. The molecule has 2 rings (SSSR count). The Morgan fingerprint density at radius 1 is 1.17 bits per heavy atom. The van der Waals surface area contributed by atoms with Gasteiger partial charge in [0.1, 0.15) is 6.61 Å². The van der Waals surface area contributed by atoms with Crippen molar-refractivity contribution in [2.45, 2.75) is 24.8 Å². The first kappa shape index (κ1) is 13.2. The summed E-state index contributed by atoms with van der Waals surface area (Å²) in [6.07, 6.45) is 2.13. The molecule has 1 fully saturated rings. The molecule has 0 radical (unpaired) electrons. The molecule has 0 aromatic heterocycles. The molecule has 1 saturated carbocycles. The molecule has 0 atom stereocenters. The third-order valence-corrected chi connectivity index (χ3v) is 3.38. The monoisotopic (exact) mass is 251 g/mol. The van der Waals surface area contributed by atoms with E-state index in [2.05, 4.69) is 12.1 Å². The van der Waals surface area contributed by atoms with E-state index in [1.807, 2.05) is 6.07 Å². The first-order valence-electron chi connectivity index (χ1n) is 6.30. The van der Waals surface area contributed by atoms with Gasteiger partial charge in [0.2, 0.25) is 0 Å². The van der Waals surface area contributed by atoms with Gasteiger partial charge in [-0.1, -0.05) is 6.07 Å². The van der Waals surface area contributed by atoms with Crippen molar-refractivity contribution in [2.24, 2.45) is 5.73 Å². The van der Waals surface area contributed by atoms with E-state index in [1.54, 1.807) is 14.2 Å². The molecule has 0 saturated heterocycles. The van der Waals surface area contributed by atoms with E-state index < -0.39 is 0 Å². The van der Waals surface area contributed by atoms with Crippen molar-refractivity contribution in [3.05, 3.63) is 23.8 Å². The first-order chi connectivity index (χ1) is 8.74. The number of nitrogens with two attached hydrogens (primary N) is 1. The summed E-state index contributed by atoms with van der Waals surface area (Å²) in [7, 11) is 3.32. The van der Waals surface area contributed by atoms with E-state index >= 15 is 0 Å². The summed E-state index contributed by atoms with van der Waals surface area (Å²) in [5.74, 6) is 2.12. The van der Waals surface area contributed by atoms with Crippen LogP contribution in [0, 0.1) is 0 Å². The number of hydrogen-bond donors (Lipinski definition) is 1.